The number of nitrogens with one attached hydrogen (secondary N) is 1. The van der Waals surface area contributed by atoms with Crippen LogP contribution < -0.4 is 11.3 Å². The second-order valence-electron chi connectivity index (χ2n) is 3.88. The molecule has 0 saturated heterocycles. The SMILES string of the molecule is Cn1ccnc1SCc1nc(NN)c2ccsc2n1. The van der Waals surface area contributed by atoms with Crippen LogP contribution >= 0.6 is 23.1 Å². The average Bonchev–Trinajstić information content (AvgIpc) is 3.04. The number of hydrazine groups is 1. The van der Waals surface area contributed by atoms with Gasteiger partial charge in [0, 0.05) is 19.4 Å². The molecule has 0 saturated carbocycles. The maximum Gasteiger partial charge on any atom is 0.168 e. The molecule has 0 fully saturated rings. The molecule has 0 spiro atoms. The van der Waals surface area contributed by atoms with Crippen LogP contribution in [-0.2, 0) is 12.8 Å². The van der Waals surface area contributed by atoms with E-state index in [1.165, 1.54) is 0 Å². The Morgan fingerprint density at radius 1 is 1.47 bits per heavy atom. The minimum absolute atomic E-state index is 0.660. The third kappa shape index (κ3) is 2.42. The topological polar surface area (TPSA) is 81.7 Å². The first-order valence-corrected chi connectivity index (χ1v) is 7.45. The lowest BCUT2D eigenvalue weighted by Gasteiger charge is -2.05. The zero-order valence-corrected chi connectivity index (χ0v) is 11.8. The Morgan fingerprint density at radius 2 is 2.37 bits per heavy atom. The summed E-state index contributed by atoms with van der Waals surface area (Å²) in [5.41, 5.74) is 2.63. The lowest BCUT2D eigenvalue weighted by atomic mass is 10.4. The molecule has 0 atom stereocenters. The third-order valence-corrected chi connectivity index (χ3v) is 4.48. The second-order valence-corrected chi connectivity index (χ2v) is 5.72. The van der Waals surface area contributed by atoms with Crippen molar-refractivity contribution in [2.24, 2.45) is 12.9 Å². The van der Waals surface area contributed by atoms with Gasteiger partial charge in [0.2, 0.25) is 0 Å². The Kier molecular flexibility index (Phi) is 3.36. The number of fused-ring (bicyclic) bond motifs is 1. The van der Waals surface area contributed by atoms with Crippen LogP contribution in [0.2, 0.25) is 0 Å². The van der Waals surface area contributed by atoms with Crippen molar-refractivity contribution in [3.63, 3.8) is 0 Å². The van der Waals surface area contributed by atoms with Gasteiger partial charge in [-0.2, -0.15) is 0 Å². The van der Waals surface area contributed by atoms with Crippen LogP contribution in [0.3, 0.4) is 0 Å². The quantitative estimate of drug-likeness (QED) is 0.435. The Labute approximate surface area is 118 Å². The summed E-state index contributed by atoms with van der Waals surface area (Å²) in [5.74, 6) is 7.57. The van der Waals surface area contributed by atoms with Crippen molar-refractivity contribution < 1.29 is 0 Å². The molecular weight excluding hydrogens is 280 g/mol. The molecule has 8 heteroatoms. The number of anilines is 1. The number of nitrogens with two attached hydrogens (primary N) is 1. The number of rotatable bonds is 4. The highest BCUT2D eigenvalue weighted by Crippen LogP contribution is 2.26. The van der Waals surface area contributed by atoms with Crippen LogP contribution in [0.25, 0.3) is 10.2 Å². The molecule has 0 bridgehead atoms. The maximum absolute atomic E-state index is 5.50. The molecular formula is C11H12N6S2. The summed E-state index contributed by atoms with van der Waals surface area (Å²) in [6.45, 7) is 0. The van der Waals surface area contributed by atoms with Gasteiger partial charge >= 0.3 is 0 Å². The summed E-state index contributed by atoms with van der Waals surface area (Å²) in [5, 5.41) is 3.88. The lowest BCUT2D eigenvalue weighted by molar-refractivity contribution is 0.789. The van der Waals surface area contributed by atoms with Gasteiger partial charge in [0.05, 0.1) is 11.1 Å². The van der Waals surface area contributed by atoms with E-state index in [0.29, 0.717) is 11.6 Å². The van der Waals surface area contributed by atoms with Crippen LogP contribution in [0.5, 0.6) is 0 Å². The van der Waals surface area contributed by atoms with Gasteiger partial charge in [-0.05, 0) is 11.4 Å². The number of nitrogens with zero attached hydrogens (tertiary/aromatic N) is 4. The van der Waals surface area contributed by atoms with E-state index in [9.17, 15) is 0 Å². The molecule has 19 heavy (non-hydrogen) atoms. The smallest absolute Gasteiger partial charge is 0.168 e. The minimum Gasteiger partial charge on any atom is -0.329 e. The number of thiophene rings is 1. The van der Waals surface area contributed by atoms with Gasteiger partial charge in [-0.1, -0.05) is 11.8 Å². The molecule has 0 radical (unpaired) electrons. The summed E-state index contributed by atoms with van der Waals surface area (Å²) in [6, 6.07) is 1.96. The molecule has 0 aliphatic rings. The van der Waals surface area contributed by atoms with Crippen molar-refractivity contribution >= 4 is 39.1 Å². The minimum atomic E-state index is 0.660. The number of thioether (sulfide) groups is 1. The summed E-state index contributed by atoms with van der Waals surface area (Å²) in [4.78, 5) is 14.2. The van der Waals surface area contributed by atoms with E-state index in [0.717, 1.165) is 21.2 Å². The van der Waals surface area contributed by atoms with Crippen LogP contribution in [-0.4, -0.2) is 19.5 Å². The highest BCUT2D eigenvalue weighted by Gasteiger charge is 2.09. The van der Waals surface area contributed by atoms with Crippen molar-refractivity contribution in [2.75, 3.05) is 5.43 Å². The van der Waals surface area contributed by atoms with Crippen molar-refractivity contribution in [2.45, 2.75) is 10.9 Å². The second kappa shape index (κ2) is 5.16. The summed E-state index contributed by atoms with van der Waals surface area (Å²) >= 11 is 3.18. The van der Waals surface area contributed by atoms with Crippen molar-refractivity contribution in [1.29, 1.82) is 0 Å². The van der Waals surface area contributed by atoms with Gasteiger partial charge in [0.15, 0.2) is 11.0 Å². The largest absolute Gasteiger partial charge is 0.329 e. The van der Waals surface area contributed by atoms with E-state index in [1.54, 1.807) is 29.3 Å². The molecule has 0 aromatic carbocycles. The zero-order valence-electron chi connectivity index (χ0n) is 10.2. The monoisotopic (exact) mass is 292 g/mol. The third-order valence-electron chi connectivity index (χ3n) is 2.62. The number of hydrogen-bond acceptors (Lipinski definition) is 7. The van der Waals surface area contributed by atoms with E-state index in [1.807, 2.05) is 29.3 Å². The highest BCUT2D eigenvalue weighted by atomic mass is 32.2. The van der Waals surface area contributed by atoms with Crippen molar-refractivity contribution in [3.8, 4) is 0 Å². The summed E-state index contributed by atoms with van der Waals surface area (Å²) in [6.07, 6.45) is 3.69. The molecule has 98 valence electrons. The fourth-order valence-corrected chi connectivity index (χ4v) is 3.26. The highest BCUT2D eigenvalue weighted by molar-refractivity contribution is 7.98. The van der Waals surface area contributed by atoms with Crippen LogP contribution in [0.1, 0.15) is 5.82 Å². The van der Waals surface area contributed by atoms with Gasteiger partial charge in [-0.15, -0.1) is 11.3 Å². The van der Waals surface area contributed by atoms with Gasteiger partial charge in [0.25, 0.3) is 0 Å². The first-order chi connectivity index (χ1) is 9.28. The first-order valence-electron chi connectivity index (χ1n) is 5.59. The molecule has 3 aromatic rings. The molecule has 0 amide bonds. The van der Waals surface area contributed by atoms with Gasteiger partial charge in [-0.25, -0.2) is 20.8 Å². The van der Waals surface area contributed by atoms with Crippen molar-refractivity contribution in [1.82, 2.24) is 19.5 Å². The van der Waals surface area contributed by atoms with E-state index >= 15 is 0 Å². The molecule has 6 nitrogen and oxygen atoms in total. The first kappa shape index (κ1) is 12.4. The number of hydrogen-bond donors (Lipinski definition) is 2. The molecule has 0 aliphatic carbocycles. The number of nitrogen functional groups attached to an aromatic ring is 1. The lowest BCUT2D eigenvalue weighted by Crippen LogP contribution is -2.10. The van der Waals surface area contributed by atoms with Gasteiger partial charge in [-0.3, -0.25) is 0 Å². The van der Waals surface area contributed by atoms with Crippen LogP contribution in [0.4, 0.5) is 5.82 Å². The Morgan fingerprint density at radius 3 is 3.11 bits per heavy atom. The predicted octanol–water partition coefficient (Wildman–Crippen LogP) is 2.00. The fraction of sp³-hybridized carbons (Fsp3) is 0.182. The molecule has 0 aliphatic heterocycles. The van der Waals surface area contributed by atoms with E-state index in [-0.39, 0.29) is 0 Å². The predicted molar refractivity (Wildman–Crippen MR) is 78.0 cm³/mol. The van der Waals surface area contributed by atoms with Crippen LogP contribution in [0, 0.1) is 0 Å². The Hall–Kier alpha value is -1.64. The standard InChI is InChI=1S/C11H12N6S2/c1-17-4-3-13-11(17)19-6-8-14-9(16-12)7-2-5-18-10(7)15-8/h2-5H,6,12H2,1H3,(H,14,15,16). The molecule has 3 aromatic heterocycles. The van der Waals surface area contributed by atoms with Gasteiger partial charge in [0.1, 0.15) is 10.7 Å². The number of aryl methyl sites for hydroxylation is 1. The normalized spacial score (nSPS) is 11.1. The fourth-order valence-electron chi connectivity index (χ4n) is 1.69. The van der Waals surface area contributed by atoms with E-state index in [2.05, 4.69) is 20.4 Å². The van der Waals surface area contributed by atoms with E-state index in [4.69, 9.17) is 5.84 Å². The molecule has 3 N–H and O–H groups in total. The van der Waals surface area contributed by atoms with Gasteiger partial charge < -0.3 is 9.99 Å². The summed E-state index contributed by atoms with van der Waals surface area (Å²) in [7, 11) is 1.96. The zero-order chi connectivity index (χ0) is 13.2. The molecule has 3 rings (SSSR count). The summed E-state index contributed by atoms with van der Waals surface area (Å²) < 4.78 is 1.97. The number of aromatic nitrogens is 4. The Balaban J connectivity index is 1.86. The van der Waals surface area contributed by atoms with Crippen LogP contribution in [0.15, 0.2) is 29.0 Å². The maximum atomic E-state index is 5.50. The van der Waals surface area contributed by atoms with Crippen molar-refractivity contribution in [3.05, 3.63) is 29.7 Å². The molecule has 0 unspecified atom stereocenters. The Bertz CT molecular complexity index is 704. The van der Waals surface area contributed by atoms with E-state index < -0.39 is 0 Å². The molecule has 3 heterocycles. The average molecular weight is 292 g/mol. The number of imidazole rings is 1.